The molecule has 1 aromatic heterocycles. The van der Waals surface area contributed by atoms with Crippen LogP contribution in [0.5, 0.6) is 0 Å². The quantitative estimate of drug-likeness (QED) is 0.665. The van der Waals surface area contributed by atoms with Crippen molar-refractivity contribution in [3.05, 3.63) is 72.4 Å². The van der Waals surface area contributed by atoms with Gasteiger partial charge in [-0.25, -0.2) is 0 Å². The van der Waals surface area contributed by atoms with Gasteiger partial charge in [0.25, 0.3) is 5.91 Å². The van der Waals surface area contributed by atoms with E-state index in [-0.39, 0.29) is 0 Å². The van der Waals surface area contributed by atoms with Crippen LogP contribution in [0, 0.1) is 0 Å². The second-order valence-corrected chi connectivity index (χ2v) is 5.47. The van der Waals surface area contributed by atoms with Crippen LogP contribution in [-0.2, 0) is 4.79 Å². The van der Waals surface area contributed by atoms with E-state index in [2.05, 4.69) is 15.6 Å². The Morgan fingerprint density at radius 2 is 1.84 bits per heavy atom. The molecule has 0 unspecified atom stereocenters. The normalized spacial score (nSPS) is 11.7. The molecule has 0 aliphatic carbocycles. The fraction of sp³-hybridized carbons (Fsp3) is 0.105. The third-order valence-electron chi connectivity index (χ3n) is 3.71. The summed E-state index contributed by atoms with van der Waals surface area (Å²) in [6.07, 6.45) is 1.70. The lowest BCUT2D eigenvalue weighted by Gasteiger charge is -2.16. The van der Waals surface area contributed by atoms with Crippen molar-refractivity contribution < 1.29 is 14.7 Å². The number of aromatic nitrogens is 1. The molecule has 1 heterocycles. The lowest BCUT2D eigenvalue weighted by molar-refractivity contribution is -0.118. The molecule has 2 aromatic carbocycles. The van der Waals surface area contributed by atoms with Gasteiger partial charge in [-0.15, -0.1) is 0 Å². The van der Waals surface area contributed by atoms with Gasteiger partial charge in [0.2, 0.25) is 5.91 Å². The van der Waals surface area contributed by atoms with Crippen molar-refractivity contribution in [3.63, 3.8) is 0 Å². The summed E-state index contributed by atoms with van der Waals surface area (Å²) in [6.45, 7) is -0.500. The monoisotopic (exact) mass is 335 g/mol. The predicted octanol–water partition coefficient (Wildman–Crippen LogP) is 1.96. The smallest absolute Gasteiger partial charge is 0.251 e. The maximum atomic E-state index is 12.3. The predicted molar refractivity (Wildman–Crippen MR) is 95.2 cm³/mol. The zero-order valence-corrected chi connectivity index (χ0v) is 13.3. The Balaban J connectivity index is 1.70. The molecule has 0 bridgehead atoms. The van der Waals surface area contributed by atoms with Gasteiger partial charge in [0, 0.05) is 22.8 Å². The number of fused-ring (bicyclic) bond motifs is 1. The van der Waals surface area contributed by atoms with E-state index in [1.54, 1.807) is 54.7 Å². The maximum absolute atomic E-state index is 12.3. The molecule has 6 heteroatoms. The van der Waals surface area contributed by atoms with E-state index in [9.17, 15) is 14.7 Å². The largest absolute Gasteiger partial charge is 0.394 e. The Kier molecular flexibility index (Phi) is 5.01. The first kappa shape index (κ1) is 16.6. The van der Waals surface area contributed by atoms with Gasteiger partial charge in [-0.3, -0.25) is 14.6 Å². The fourth-order valence-electron chi connectivity index (χ4n) is 2.41. The number of amides is 2. The molecule has 1 atom stereocenters. The maximum Gasteiger partial charge on any atom is 0.251 e. The lowest BCUT2D eigenvalue weighted by atomic mass is 10.1. The summed E-state index contributed by atoms with van der Waals surface area (Å²) < 4.78 is 0. The molecule has 0 fully saturated rings. The number of aliphatic hydroxyl groups excluding tert-OH is 1. The van der Waals surface area contributed by atoms with E-state index in [0.29, 0.717) is 11.3 Å². The van der Waals surface area contributed by atoms with Crippen molar-refractivity contribution >= 4 is 28.4 Å². The second-order valence-electron chi connectivity index (χ2n) is 5.47. The summed E-state index contributed by atoms with van der Waals surface area (Å²) in [4.78, 5) is 28.7. The molecule has 0 saturated heterocycles. The summed E-state index contributed by atoms with van der Waals surface area (Å²) in [5.74, 6) is -0.910. The summed E-state index contributed by atoms with van der Waals surface area (Å²) >= 11 is 0. The van der Waals surface area contributed by atoms with E-state index in [4.69, 9.17) is 0 Å². The highest BCUT2D eigenvalue weighted by Gasteiger charge is 2.20. The SMILES string of the molecule is O=C(N[C@@H](CO)C(=O)Nc1ccc2ncccc2c1)c1ccccc1. The van der Waals surface area contributed by atoms with Gasteiger partial charge < -0.3 is 15.7 Å². The van der Waals surface area contributed by atoms with E-state index in [1.165, 1.54) is 0 Å². The number of benzene rings is 2. The minimum Gasteiger partial charge on any atom is -0.394 e. The molecule has 3 aromatic rings. The number of anilines is 1. The van der Waals surface area contributed by atoms with Crippen molar-refractivity contribution in [1.29, 1.82) is 0 Å². The lowest BCUT2D eigenvalue weighted by Crippen LogP contribution is -2.46. The van der Waals surface area contributed by atoms with Crippen LogP contribution in [0.1, 0.15) is 10.4 Å². The number of hydrogen-bond acceptors (Lipinski definition) is 4. The van der Waals surface area contributed by atoms with Crippen molar-refractivity contribution in [2.45, 2.75) is 6.04 Å². The molecule has 126 valence electrons. The highest BCUT2D eigenvalue weighted by Crippen LogP contribution is 2.17. The van der Waals surface area contributed by atoms with Crippen LogP contribution in [0.15, 0.2) is 66.9 Å². The molecular weight excluding hydrogens is 318 g/mol. The van der Waals surface area contributed by atoms with Crippen LogP contribution < -0.4 is 10.6 Å². The van der Waals surface area contributed by atoms with Crippen molar-refractivity contribution in [3.8, 4) is 0 Å². The van der Waals surface area contributed by atoms with Crippen LogP contribution in [0.3, 0.4) is 0 Å². The first-order chi connectivity index (χ1) is 12.2. The Bertz CT molecular complexity index is 897. The van der Waals surface area contributed by atoms with E-state index >= 15 is 0 Å². The van der Waals surface area contributed by atoms with Gasteiger partial charge in [-0.1, -0.05) is 24.3 Å². The van der Waals surface area contributed by atoms with Crippen molar-refractivity contribution in [2.24, 2.45) is 0 Å². The van der Waals surface area contributed by atoms with Gasteiger partial charge in [-0.2, -0.15) is 0 Å². The number of hydrogen-bond donors (Lipinski definition) is 3. The van der Waals surface area contributed by atoms with Crippen LogP contribution in [0.25, 0.3) is 10.9 Å². The Hall–Kier alpha value is -3.25. The Morgan fingerprint density at radius 3 is 2.60 bits per heavy atom. The third kappa shape index (κ3) is 3.99. The average molecular weight is 335 g/mol. The zero-order valence-electron chi connectivity index (χ0n) is 13.3. The van der Waals surface area contributed by atoms with Gasteiger partial charge in [0.1, 0.15) is 6.04 Å². The molecular formula is C19H17N3O3. The number of nitrogens with one attached hydrogen (secondary N) is 2. The average Bonchev–Trinajstić information content (AvgIpc) is 2.66. The standard InChI is InChI=1S/C19H17N3O3/c23-12-17(22-18(24)13-5-2-1-3-6-13)19(25)21-15-8-9-16-14(11-15)7-4-10-20-16/h1-11,17,23H,12H2,(H,21,25)(H,22,24)/t17-/m0/s1. The third-order valence-corrected chi connectivity index (χ3v) is 3.71. The Labute approximate surface area is 144 Å². The van der Waals surface area contributed by atoms with Crippen molar-refractivity contribution in [1.82, 2.24) is 10.3 Å². The minimum atomic E-state index is -1.04. The second kappa shape index (κ2) is 7.55. The summed E-state index contributed by atoms with van der Waals surface area (Å²) in [5.41, 5.74) is 1.81. The van der Waals surface area contributed by atoms with E-state index < -0.39 is 24.5 Å². The minimum absolute atomic E-state index is 0.419. The van der Waals surface area contributed by atoms with Gasteiger partial charge >= 0.3 is 0 Å². The first-order valence-corrected chi connectivity index (χ1v) is 7.80. The topological polar surface area (TPSA) is 91.3 Å². The molecule has 25 heavy (non-hydrogen) atoms. The molecule has 3 rings (SSSR count). The van der Waals surface area contributed by atoms with Crippen LogP contribution >= 0.6 is 0 Å². The number of aliphatic hydroxyl groups is 1. The van der Waals surface area contributed by atoms with Crippen LogP contribution in [0.2, 0.25) is 0 Å². The van der Waals surface area contributed by atoms with E-state index in [1.807, 2.05) is 12.1 Å². The molecule has 0 aliphatic heterocycles. The van der Waals surface area contributed by atoms with Crippen LogP contribution in [0.4, 0.5) is 5.69 Å². The van der Waals surface area contributed by atoms with Gasteiger partial charge in [0.05, 0.1) is 12.1 Å². The molecule has 0 radical (unpaired) electrons. The molecule has 3 N–H and O–H groups in total. The molecule has 0 spiro atoms. The zero-order chi connectivity index (χ0) is 17.6. The van der Waals surface area contributed by atoms with Gasteiger partial charge in [-0.05, 0) is 36.4 Å². The number of carbonyl (C=O) groups is 2. The van der Waals surface area contributed by atoms with Gasteiger partial charge in [0.15, 0.2) is 0 Å². The summed E-state index contributed by atoms with van der Waals surface area (Å²) in [6, 6.07) is 16.5. The number of rotatable bonds is 5. The fourth-order valence-corrected chi connectivity index (χ4v) is 2.41. The highest BCUT2D eigenvalue weighted by atomic mass is 16.3. The molecule has 0 aliphatic rings. The van der Waals surface area contributed by atoms with Crippen LogP contribution in [-0.4, -0.2) is 34.6 Å². The Morgan fingerprint density at radius 1 is 1.04 bits per heavy atom. The molecule has 0 saturated carbocycles. The van der Waals surface area contributed by atoms with E-state index in [0.717, 1.165) is 10.9 Å². The van der Waals surface area contributed by atoms with Crippen molar-refractivity contribution in [2.75, 3.05) is 11.9 Å². The number of pyridine rings is 1. The highest BCUT2D eigenvalue weighted by molar-refractivity contribution is 6.01. The molecule has 2 amide bonds. The number of nitrogens with zero attached hydrogens (tertiary/aromatic N) is 1. The first-order valence-electron chi connectivity index (χ1n) is 7.80. The summed E-state index contributed by atoms with van der Waals surface area (Å²) in [7, 11) is 0. The molecule has 6 nitrogen and oxygen atoms in total. The summed E-state index contributed by atoms with van der Waals surface area (Å²) in [5, 5.41) is 15.6. The number of carbonyl (C=O) groups excluding carboxylic acids is 2.